The average molecular weight is 777 g/mol. The molecule has 288 valence electrons. The fourth-order valence-electron chi connectivity index (χ4n) is 6.95. The van der Waals surface area contributed by atoms with Gasteiger partial charge in [0, 0.05) is 89.3 Å². The van der Waals surface area contributed by atoms with Gasteiger partial charge < -0.3 is 39.4 Å². The van der Waals surface area contributed by atoms with Crippen LogP contribution in [-0.2, 0) is 0 Å². The van der Waals surface area contributed by atoms with Gasteiger partial charge in [0.15, 0.2) is 33.3 Å². The van der Waals surface area contributed by atoms with Gasteiger partial charge in [-0.3, -0.25) is 19.4 Å². The molecule has 8 rings (SSSR count). The minimum absolute atomic E-state index is 0.136. The molecule has 54 heavy (non-hydrogen) atoms. The number of amides is 2. The van der Waals surface area contributed by atoms with Crippen LogP contribution in [0.2, 0.25) is 0 Å². The van der Waals surface area contributed by atoms with Gasteiger partial charge in [-0.1, -0.05) is 12.1 Å². The molecular weight excluding hydrogens is 729 g/mol. The van der Waals surface area contributed by atoms with Crippen molar-refractivity contribution in [1.29, 1.82) is 0 Å². The molecule has 0 spiro atoms. The molecule has 0 bridgehead atoms. The number of nitrogens with one attached hydrogen (secondary N) is 2. The summed E-state index contributed by atoms with van der Waals surface area (Å²) in [6, 6.07) is 13.1. The van der Waals surface area contributed by atoms with E-state index in [4.69, 9.17) is 18.9 Å². The summed E-state index contributed by atoms with van der Waals surface area (Å²) >= 11 is 3.05. The molecule has 0 aliphatic carbocycles. The standard InChI is InChI=1S/2C19H24N4O3S/c2*1-13(14-3-4-16-17(11-14)26-10-9-25-16)22-5-7-23(8-6-22)19-21-15(12-27-19)18(24)20-2/h2*3-4,11-13H,5-10H2,1-2H3,(H,20,24)/t2*13-/m10/s1. The minimum Gasteiger partial charge on any atom is -0.486 e. The molecule has 0 unspecified atom stereocenters. The van der Waals surface area contributed by atoms with Gasteiger partial charge in [-0.2, -0.15) is 0 Å². The van der Waals surface area contributed by atoms with Crippen molar-refractivity contribution in [2.45, 2.75) is 25.9 Å². The Balaban J connectivity index is 0.000000167. The van der Waals surface area contributed by atoms with Crippen molar-refractivity contribution in [3.8, 4) is 23.0 Å². The van der Waals surface area contributed by atoms with E-state index in [0.29, 0.717) is 49.9 Å². The monoisotopic (exact) mass is 776 g/mol. The zero-order valence-corrected chi connectivity index (χ0v) is 32.8. The molecule has 4 aliphatic heterocycles. The number of aromatic nitrogens is 2. The second kappa shape index (κ2) is 17.2. The molecule has 2 aromatic carbocycles. The number of thiazole rings is 2. The Hall–Kier alpha value is -4.64. The Morgan fingerprint density at radius 2 is 0.963 bits per heavy atom. The zero-order chi connectivity index (χ0) is 37.6. The highest BCUT2D eigenvalue weighted by molar-refractivity contribution is 7.14. The largest absolute Gasteiger partial charge is 0.486 e. The second-order valence-electron chi connectivity index (χ2n) is 13.4. The van der Waals surface area contributed by atoms with Crippen molar-refractivity contribution < 1.29 is 28.5 Å². The van der Waals surface area contributed by atoms with Gasteiger partial charge in [0.1, 0.15) is 37.8 Å². The molecule has 16 heteroatoms. The van der Waals surface area contributed by atoms with E-state index in [-0.39, 0.29) is 11.8 Å². The summed E-state index contributed by atoms with van der Waals surface area (Å²) in [5, 5.41) is 10.7. The van der Waals surface area contributed by atoms with Crippen LogP contribution in [0.15, 0.2) is 47.2 Å². The van der Waals surface area contributed by atoms with E-state index in [0.717, 1.165) is 85.6 Å². The van der Waals surface area contributed by atoms with Gasteiger partial charge in [0.05, 0.1) is 0 Å². The fourth-order valence-corrected chi connectivity index (χ4v) is 8.66. The first-order chi connectivity index (χ1) is 26.3. The first-order valence-electron chi connectivity index (χ1n) is 18.4. The van der Waals surface area contributed by atoms with Gasteiger partial charge in [-0.15, -0.1) is 22.7 Å². The number of benzene rings is 2. The second-order valence-corrected chi connectivity index (χ2v) is 15.1. The lowest BCUT2D eigenvalue weighted by atomic mass is 10.1. The van der Waals surface area contributed by atoms with Crippen LogP contribution >= 0.6 is 22.7 Å². The third-order valence-electron chi connectivity index (χ3n) is 10.3. The first kappa shape index (κ1) is 37.7. The molecule has 0 saturated carbocycles. The SMILES string of the molecule is CNC(=O)c1csc(N2CCN([C@@H](C)c3ccc4c(c3)OCCO4)CC2)n1.CNC(=O)c1csc(N2CCN([C@H](C)c3ccc4c(c3)OCCO4)CC2)n1. The molecule has 6 heterocycles. The zero-order valence-electron chi connectivity index (χ0n) is 31.2. The van der Waals surface area contributed by atoms with E-state index in [9.17, 15) is 9.59 Å². The topological polar surface area (TPSA) is 134 Å². The molecule has 4 aromatic rings. The van der Waals surface area contributed by atoms with E-state index in [1.54, 1.807) is 14.1 Å². The lowest BCUT2D eigenvalue weighted by molar-refractivity contribution is 0.0951. The summed E-state index contributed by atoms with van der Waals surface area (Å²) in [6.45, 7) is 14.3. The quantitative estimate of drug-likeness (QED) is 0.264. The lowest BCUT2D eigenvalue weighted by Crippen LogP contribution is -2.47. The Kier molecular flexibility index (Phi) is 12.0. The highest BCUT2D eigenvalue weighted by Gasteiger charge is 2.27. The number of ether oxygens (including phenoxy) is 4. The molecule has 14 nitrogen and oxygen atoms in total. The number of piperazine rings is 2. The van der Waals surface area contributed by atoms with Gasteiger partial charge in [0.2, 0.25) is 0 Å². The number of fused-ring (bicyclic) bond motifs is 2. The van der Waals surface area contributed by atoms with Crippen LogP contribution < -0.4 is 39.4 Å². The number of carbonyl (C=O) groups excluding carboxylic acids is 2. The summed E-state index contributed by atoms with van der Waals surface area (Å²) in [5.41, 5.74) is 3.46. The van der Waals surface area contributed by atoms with Gasteiger partial charge in [-0.05, 0) is 49.2 Å². The number of anilines is 2. The van der Waals surface area contributed by atoms with Crippen LogP contribution in [0, 0.1) is 0 Å². The number of nitrogens with zero attached hydrogens (tertiary/aromatic N) is 6. The molecule has 2 N–H and O–H groups in total. The molecular formula is C38H48N8O6S2. The lowest BCUT2D eigenvalue weighted by Gasteiger charge is -2.38. The van der Waals surface area contributed by atoms with E-state index >= 15 is 0 Å². The van der Waals surface area contributed by atoms with Crippen molar-refractivity contribution in [3.05, 3.63) is 69.7 Å². The average Bonchev–Trinajstić information content (AvgIpc) is 3.94. The van der Waals surface area contributed by atoms with Crippen molar-refractivity contribution >= 4 is 44.8 Å². The number of hydrogen-bond acceptors (Lipinski definition) is 14. The normalized spacial score (nSPS) is 18.2. The molecule has 2 amide bonds. The van der Waals surface area contributed by atoms with Crippen LogP contribution in [0.5, 0.6) is 23.0 Å². The summed E-state index contributed by atoms with van der Waals surface area (Å²) in [4.78, 5) is 41.8. The molecule has 2 saturated heterocycles. The van der Waals surface area contributed by atoms with Crippen LogP contribution in [0.3, 0.4) is 0 Å². The first-order valence-corrected chi connectivity index (χ1v) is 20.2. The molecule has 2 aromatic heterocycles. The Morgan fingerprint density at radius 1 is 0.593 bits per heavy atom. The summed E-state index contributed by atoms with van der Waals surface area (Å²) < 4.78 is 22.7. The van der Waals surface area contributed by atoms with E-state index in [2.05, 4.69) is 78.3 Å². The predicted molar refractivity (Wildman–Crippen MR) is 210 cm³/mol. The summed E-state index contributed by atoms with van der Waals surface area (Å²) in [6.07, 6.45) is 0. The Morgan fingerprint density at radius 3 is 1.33 bits per heavy atom. The van der Waals surface area contributed by atoms with Crippen LogP contribution in [0.4, 0.5) is 10.3 Å². The maximum Gasteiger partial charge on any atom is 0.270 e. The van der Waals surface area contributed by atoms with Crippen LogP contribution in [0.1, 0.15) is 58.0 Å². The van der Waals surface area contributed by atoms with E-state index in [1.807, 2.05) is 22.9 Å². The Bertz CT molecular complexity index is 1770. The molecule has 0 radical (unpaired) electrons. The predicted octanol–water partition coefficient (Wildman–Crippen LogP) is 4.31. The number of carbonyl (C=O) groups is 2. The minimum atomic E-state index is -0.136. The highest BCUT2D eigenvalue weighted by atomic mass is 32.1. The summed E-state index contributed by atoms with van der Waals surface area (Å²) in [7, 11) is 3.25. The van der Waals surface area contributed by atoms with Crippen molar-refractivity contribution in [3.63, 3.8) is 0 Å². The van der Waals surface area contributed by atoms with Crippen molar-refractivity contribution in [1.82, 2.24) is 30.4 Å². The third-order valence-corrected chi connectivity index (χ3v) is 12.1. The van der Waals surface area contributed by atoms with E-state index in [1.165, 1.54) is 33.8 Å². The van der Waals surface area contributed by atoms with Crippen molar-refractivity contribution in [2.24, 2.45) is 0 Å². The maximum atomic E-state index is 11.7. The van der Waals surface area contributed by atoms with Gasteiger partial charge >= 0.3 is 0 Å². The molecule has 2 fully saturated rings. The Labute approximate surface area is 324 Å². The molecule has 2 atom stereocenters. The van der Waals surface area contributed by atoms with Crippen LogP contribution in [-0.4, -0.2) is 124 Å². The smallest absolute Gasteiger partial charge is 0.270 e. The van der Waals surface area contributed by atoms with Crippen molar-refractivity contribution in [2.75, 3.05) is 103 Å². The van der Waals surface area contributed by atoms with Gasteiger partial charge in [-0.25, -0.2) is 9.97 Å². The highest BCUT2D eigenvalue weighted by Crippen LogP contribution is 2.36. The van der Waals surface area contributed by atoms with Crippen LogP contribution in [0.25, 0.3) is 0 Å². The number of rotatable bonds is 8. The van der Waals surface area contributed by atoms with Gasteiger partial charge in [0.25, 0.3) is 11.8 Å². The van der Waals surface area contributed by atoms with E-state index < -0.39 is 0 Å². The summed E-state index contributed by atoms with van der Waals surface area (Å²) in [5.74, 6) is 3.07. The number of hydrogen-bond donors (Lipinski definition) is 2. The third kappa shape index (κ3) is 8.51. The molecule has 4 aliphatic rings. The maximum absolute atomic E-state index is 11.7. The fraction of sp³-hybridized carbons (Fsp3) is 0.474.